The Kier molecular flexibility index (Phi) is 4.40. The fourth-order valence-corrected chi connectivity index (χ4v) is 4.93. The number of aromatic nitrogens is 4. The molecule has 1 saturated carbocycles. The summed E-state index contributed by atoms with van der Waals surface area (Å²) in [5.74, 6) is 1.72. The normalized spacial score (nSPS) is 13.9. The van der Waals surface area contributed by atoms with Crippen molar-refractivity contribution in [2.45, 2.75) is 39.8 Å². The van der Waals surface area contributed by atoms with Crippen LogP contribution < -0.4 is 4.74 Å². The van der Waals surface area contributed by atoms with Gasteiger partial charge in [0, 0.05) is 35.4 Å². The third kappa shape index (κ3) is 3.23. The molecule has 0 spiro atoms. The van der Waals surface area contributed by atoms with Gasteiger partial charge in [-0.05, 0) is 56.9 Å². The maximum absolute atomic E-state index is 11.0. The minimum absolute atomic E-state index is 0.267. The number of imidazole rings is 1. The number of carboxylic acid groups (broad SMARTS) is 1. The lowest BCUT2D eigenvalue weighted by Crippen LogP contribution is -2.05. The van der Waals surface area contributed by atoms with Crippen molar-refractivity contribution in [3.8, 4) is 17.3 Å². The largest absolute Gasteiger partial charge is 0.511 e. The van der Waals surface area contributed by atoms with Crippen molar-refractivity contribution >= 4 is 39.0 Å². The molecule has 1 aliphatic carbocycles. The van der Waals surface area contributed by atoms with Crippen LogP contribution in [0.5, 0.6) is 5.75 Å². The molecule has 166 valence electrons. The summed E-state index contributed by atoms with van der Waals surface area (Å²) < 4.78 is 9.40. The summed E-state index contributed by atoms with van der Waals surface area (Å²) >= 11 is 0. The minimum atomic E-state index is -1.33. The number of fused-ring (bicyclic) bond motifs is 4. The molecule has 0 atom stereocenters. The number of hydrogen-bond acceptors (Lipinski definition) is 4. The molecule has 0 amide bonds. The Labute approximate surface area is 190 Å². The molecule has 5 aromatic rings. The van der Waals surface area contributed by atoms with Crippen molar-refractivity contribution in [1.29, 1.82) is 0 Å². The second kappa shape index (κ2) is 7.33. The van der Waals surface area contributed by atoms with E-state index in [1.807, 2.05) is 6.07 Å². The van der Waals surface area contributed by atoms with Gasteiger partial charge in [0.15, 0.2) is 5.82 Å². The molecular weight excluding hydrogens is 416 g/mol. The first-order valence-corrected chi connectivity index (χ1v) is 11.3. The molecular formula is C26H24N4O3. The molecule has 7 nitrogen and oxygen atoms in total. The van der Waals surface area contributed by atoms with E-state index in [2.05, 4.69) is 53.3 Å². The van der Waals surface area contributed by atoms with Crippen LogP contribution in [0.4, 0.5) is 4.79 Å². The van der Waals surface area contributed by atoms with E-state index in [0.29, 0.717) is 11.4 Å². The molecule has 1 aliphatic rings. The Morgan fingerprint density at radius 1 is 1.06 bits per heavy atom. The number of rotatable bonds is 5. The summed E-state index contributed by atoms with van der Waals surface area (Å²) in [6.45, 7) is 5.97. The van der Waals surface area contributed by atoms with Gasteiger partial charge in [-0.3, -0.25) is 0 Å². The van der Waals surface area contributed by atoms with E-state index in [4.69, 9.17) is 19.8 Å². The number of benzene rings is 2. The summed E-state index contributed by atoms with van der Waals surface area (Å²) in [5.41, 5.74) is 5.84. The van der Waals surface area contributed by atoms with E-state index in [1.54, 1.807) is 12.1 Å². The molecule has 1 N–H and O–H groups in total. The molecule has 1 fully saturated rings. The molecule has 6 rings (SSSR count). The van der Waals surface area contributed by atoms with Gasteiger partial charge in [-0.15, -0.1) is 0 Å². The predicted octanol–water partition coefficient (Wildman–Crippen LogP) is 6.00. The Morgan fingerprint density at radius 3 is 2.64 bits per heavy atom. The number of aryl methyl sites for hydroxylation is 2. The third-order valence-corrected chi connectivity index (χ3v) is 6.53. The smallest absolute Gasteiger partial charge is 0.449 e. The molecule has 0 saturated heterocycles. The molecule has 2 aromatic carbocycles. The van der Waals surface area contributed by atoms with Crippen molar-refractivity contribution in [1.82, 2.24) is 19.1 Å². The first kappa shape index (κ1) is 19.8. The van der Waals surface area contributed by atoms with Crippen molar-refractivity contribution < 1.29 is 14.6 Å². The van der Waals surface area contributed by atoms with Crippen LogP contribution in [0.15, 0.2) is 48.5 Å². The zero-order valence-electron chi connectivity index (χ0n) is 18.6. The van der Waals surface area contributed by atoms with Crippen LogP contribution in [0.25, 0.3) is 44.4 Å². The van der Waals surface area contributed by atoms with Crippen molar-refractivity contribution in [2.75, 3.05) is 0 Å². The fraction of sp³-hybridized carbons (Fsp3) is 0.269. The Balaban J connectivity index is 1.59. The van der Waals surface area contributed by atoms with E-state index < -0.39 is 6.16 Å². The number of nitrogens with zero attached hydrogens (tertiary/aromatic N) is 4. The average molecular weight is 441 g/mol. The summed E-state index contributed by atoms with van der Waals surface area (Å²) in [4.78, 5) is 20.9. The maximum Gasteiger partial charge on any atom is 0.511 e. The highest BCUT2D eigenvalue weighted by Crippen LogP contribution is 2.37. The SMILES string of the molecule is CCn1c2ccccc2c2cc(-c3nc4cc(OC(=O)O)ccc4n3CC3CC3)nc(C)c21. The highest BCUT2D eigenvalue weighted by Gasteiger charge is 2.26. The molecule has 3 aromatic heterocycles. The first-order chi connectivity index (χ1) is 16.0. The molecule has 7 heteroatoms. The van der Waals surface area contributed by atoms with Crippen LogP contribution in [-0.2, 0) is 13.1 Å². The van der Waals surface area contributed by atoms with E-state index in [0.717, 1.165) is 41.3 Å². The molecule has 0 unspecified atom stereocenters. The topological polar surface area (TPSA) is 82.2 Å². The molecule has 0 bridgehead atoms. The van der Waals surface area contributed by atoms with Gasteiger partial charge in [-0.1, -0.05) is 18.2 Å². The van der Waals surface area contributed by atoms with Crippen molar-refractivity contribution in [3.05, 3.63) is 54.2 Å². The monoisotopic (exact) mass is 440 g/mol. The maximum atomic E-state index is 11.0. The second-order valence-corrected chi connectivity index (χ2v) is 8.76. The first-order valence-electron chi connectivity index (χ1n) is 11.3. The molecule has 0 radical (unpaired) electrons. The standard InChI is InChI=1S/C26H24N4O3/c1-3-29-22-7-5-4-6-18(22)19-13-21(27-15(2)24(19)29)25-28-20-12-17(33-26(31)32)10-11-23(20)30(25)14-16-8-9-16/h4-7,10-13,16H,3,8-9,14H2,1-2H3,(H,31,32). The van der Waals surface area contributed by atoms with Gasteiger partial charge in [-0.2, -0.15) is 0 Å². The third-order valence-electron chi connectivity index (χ3n) is 6.53. The van der Waals surface area contributed by atoms with Gasteiger partial charge < -0.3 is 19.0 Å². The highest BCUT2D eigenvalue weighted by atomic mass is 16.7. The van der Waals surface area contributed by atoms with E-state index in [-0.39, 0.29) is 5.75 Å². The van der Waals surface area contributed by atoms with Crippen LogP contribution in [0, 0.1) is 12.8 Å². The van der Waals surface area contributed by atoms with Crippen molar-refractivity contribution in [2.24, 2.45) is 5.92 Å². The summed E-state index contributed by atoms with van der Waals surface area (Å²) in [7, 11) is 0. The van der Waals surface area contributed by atoms with E-state index in [9.17, 15) is 4.79 Å². The van der Waals surface area contributed by atoms with Gasteiger partial charge in [-0.25, -0.2) is 14.8 Å². The average Bonchev–Trinajstić information content (AvgIpc) is 3.46. The number of pyridine rings is 1. The lowest BCUT2D eigenvalue weighted by molar-refractivity contribution is 0.144. The minimum Gasteiger partial charge on any atom is -0.449 e. The van der Waals surface area contributed by atoms with Crippen LogP contribution in [-0.4, -0.2) is 30.4 Å². The lowest BCUT2D eigenvalue weighted by Gasteiger charge is -2.10. The lowest BCUT2D eigenvalue weighted by atomic mass is 10.1. The van der Waals surface area contributed by atoms with Gasteiger partial charge >= 0.3 is 6.16 Å². The number of hydrogen-bond donors (Lipinski definition) is 1. The highest BCUT2D eigenvalue weighted by molar-refractivity contribution is 6.09. The zero-order valence-corrected chi connectivity index (χ0v) is 18.6. The molecule has 0 aliphatic heterocycles. The number of carbonyl (C=O) groups is 1. The van der Waals surface area contributed by atoms with Gasteiger partial charge in [0.25, 0.3) is 0 Å². The Morgan fingerprint density at radius 2 is 1.88 bits per heavy atom. The van der Waals surface area contributed by atoms with E-state index >= 15 is 0 Å². The summed E-state index contributed by atoms with van der Waals surface area (Å²) in [6.07, 6.45) is 1.10. The summed E-state index contributed by atoms with van der Waals surface area (Å²) in [5, 5.41) is 11.4. The molecule has 3 heterocycles. The quantitative estimate of drug-likeness (QED) is 0.268. The predicted molar refractivity (Wildman–Crippen MR) is 128 cm³/mol. The molecule has 33 heavy (non-hydrogen) atoms. The van der Waals surface area contributed by atoms with Crippen LogP contribution >= 0.6 is 0 Å². The number of para-hydroxylation sites is 1. The Hall–Kier alpha value is -3.87. The fourth-order valence-electron chi connectivity index (χ4n) is 4.93. The number of ether oxygens (including phenoxy) is 1. The van der Waals surface area contributed by atoms with Crippen LogP contribution in [0.3, 0.4) is 0 Å². The summed E-state index contributed by atoms with van der Waals surface area (Å²) in [6, 6.07) is 15.9. The van der Waals surface area contributed by atoms with E-state index in [1.165, 1.54) is 29.1 Å². The van der Waals surface area contributed by atoms with Gasteiger partial charge in [0.2, 0.25) is 0 Å². The zero-order chi connectivity index (χ0) is 22.7. The van der Waals surface area contributed by atoms with Crippen LogP contribution in [0.1, 0.15) is 25.5 Å². The second-order valence-electron chi connectivity index (χ2n) is 8.76. The van der Waals surface area contributed by atoms with Gasteiger partial charge in [0.1, 0.15) is 11.4 Å². The van der Waals surface area contributed by atoms with Crippen LogP contribution in [0.2, 0.25) is 0 Å². The van der Waals surface area contributed by atoms with Crippen molar-refractivity contribution in [3.63, 3.8) is 0 Å². The van der Waals surface area contributed by atoms with Gasteiger partial charge in [0.05, 0.1) is 22.2 Å². The Bertz CT molecular complexity index is 1560.